The predicted octanol–water partition coefficient (Wildman–Crippen LogP) is 4.63. The molecule has 4 aromatic rings. The first-order valence-corrected chi connectivity index (χ1v) is 11.2. The summed E-state index contributed by atoms with van der Waals surface area (Å²) < 4.78 is 6.56. The molecule has 0 aliphatic carbocycles. The molecule has 160 valence electrons. The van der Waals surface area contributed by atoms with Gasteiger partial charge in [-0.3, -0.25) is 24.6 Å². The molecule has 1 amide bonds. The van der Waals surface area contributed by atoms with Gasteiger partial charge in [0.25, 0.3) is 11.6 Å². The van der Waals surface area contributed by atoms with Crippen LogP contribution in [-0.2, 0) is 6.42 Å². The Balaban J connectivity index is 1.81. The van der Waals surface area contributed by atoms with Gasteiger partial charge in [-0.25, -0.2) is 0 Å². The van der Waals surface area contributed by atoms with Gasteiger partial charge in [0.15, 0.2) is 5.43 Å². The van der Waals surface area contributed by atoms with Crippen LogP contribution in [0.2, 0.25) is 0 Å². The van der Waals surface area contributed by atoms with E-state index in [1.165, 1.54) is 34.4 Å². The maximum absolute atomic E-state index is 13.5. The molecular formula is C21H13BrN4O5S. The second-order valence-corrected chi connectivity index (χ2v) is 9.03. The van der Waals surface area contributed by atoms with Gasteiger partial charge in [-0.2, -0.15) is 0 Å². The third-order valence-electron chi connectivity index (χ3n) is 5.19. The minimum atomic E-state index is -0.935. The van der Waals surface area contributed by atoms with Crippen LogP contribution in [0.4, 0.5) is 10.8 Å². The van der Waals surface area contributed by atoms with Crippen LogP contribution < -0.4 is 10.3 Å². The number of rotatable bonds is 4. The molecule has 9 nitrogen and oxygen atoms in total. The largest absolute Gasteiger partial charge is 0.450 e. The normalized spacial score (nSPS) is 15.4. The Morgan fingerprint density at radius 2 is 2.03 bits per heavy atom. The summed E-state index contributed by atoms with van der Waals surface area (Å²) in [6.45, 7) is 1.92. The highest BCUT2D eigenvalue weighted by Crippen LogP contribution is 2.42. The van der Waals surface area contributed by atoms with Gasteiger partial charge >= 0.3 is 0 Å². The highest BCUT2D eigenvalue weighted by Gasteiger charge is 2.45. The van der Waals surface area contributed by atoms with E-state index in [-0.39, 0.29) is 28.0 Å². The SMILES string of the molecule is CCc1nnc(N2C(=O)c3oc4ccc(Br)cc4c(=O)c3C2c2cccc([N+](=O)[O-])c2)s1. The number of aromatic nitrogens is 2. The number of fused-ring (bicyclic) bond motifs is 2. The van der Waals surface area contributed by atoms with Gasteiger partial charge in [0.05, 0.1) is 21.9 Å². The number of hydrogen-bond donors (Lipinski definition) is 0. The molecule has 0 fully saturated rings. The molecule has 1 aliphatic heterocycles. The van der Waals surface area contributed by atoms with Crippen molar-refractivity contribution in [2.45, 2.75) is 19.4 Å². The standard InChI is InChI=1S/C21H13BrN4O5S/c1-2-15-23-24-21(32-15)25-17(10-4-3-5-12(8-10)26(29)30)16-18(27)13-9-11(22)6-7-14(13)31-19(16)20(25)28/h3-9,17H,2H2,1H3. The van der Waals surface area contributed by atoms with Crippen molar-refractivity contribution in [2.24, 2.45) is 0 Å². The van der Waals surface area contributed by atoms with Crippen molar-refractivity contribution in [3.63, 3.8) is 0 Å². The lowest BCUT2D eigenvalue weighted by molar-refractivity contribution is -0.384. The van der Waals surface area contributed by atoms with Crippen molar-refractivity contribution in [3.8, 4) is 0 Å². The highest BCUT2D eigenvalue weighted by atomic mass is 79.9. The Morgan fingerprint density at radius 1 is 1.22 bits per heavy atom. The maximum atomic E-state index is 13.5. The van der Waals surface area contributed by atoms with Crippen molar-refractivity contribution >= 4 is 55.0 Å². The summed E-state index contributed by atoms with van der Waals surface area (Å²) in [5, 5.41) is 20.9. The van der Waals surface area contributed by atoms with Gasteiger partial charge in [0, 0.05) is 16.6 Å². The Morgan fingerprint density at radius 3 is 2.75 bits per heavy atom. The van der Waals surface area contributed by atoms with E-state index in [1.54, 1.807) is 24.3 Å². The number of non-ortho nitro benzene ring substituents is 1. The lowest BCUT2D eigenvalue weighted by Gasteiger charge is -2.21. The number of nitro benzene ring substituents is 1. The first kappa shape index (κ1) is 20.5. The van der Waals surface area contributed by atoms with Crippen molar-refractivity contribution in [2.75, 3.05) is 4.90 Å². The van der Waals surface area contributed by atoms with E-state index >= 15 is 0 Å². The van der Waals surface area contributed by atoms with Gasteiger partial charge in [-0.15, -0.1) is 10.2 Å². The Kier molecular flexibility index (Phi) is 4.86. The van der Waals surface area contributed by atoms with Crippen LogP contribution in [0, 0.1) is 10.1 Å². The number of aryl methyl sites for hydroxylation is 1. The molecule has 5 rings (SSSR count). The van der Waals surface area contributed by atoms with Crippen LogP contribution in [-0.4, -0.2) is 21.0 Å². The molecule has 1 aliphatic rings. The molecule has 0 saturated carbocycles. The fraction of sp³-hybridized carbons (Fsp3) is 0.143. The zero-order valence-electron chi connectivity index (χ0n) is 16.4. The second kappa shape index (κ2) is 7.61. The zero-order valence-corrected chi connectivity index (χ0v) is 18.8. The summed E-state index contributed by atoms with van der Waals surface area (Å²) in [6.07, 6.45) is 0.628. The number of carbonyl (C=O) groups is 1. The molecule has 0 saturated heterocycles. The van der Waals surface area contributed by atoms with Crippen LogP contribution >= 0.6 is 27.3 Å². The Hall–Kier alpha value is -3.44. The van der Waals surface area contributed by atoms with E-state index in [2.05, 4.69) is 26.1 Å². The third kappa shape index (κ3) is 3.12. The molecule has 0 N–H and O–H groups in total. The van der Waals surface area contributed by atoms with Crippen LogP contribution in [0.25, 0.3) is 11.0 Å². The summed E-state index contributed by atoms with van der Waals surface area (Å²) in [6, 6.07) is 9.88. The minimum absolute atomic E-state index is 0.102. The fourth-order valence-corrected chi connectivity index (χ4v) is 4.92. The van der Waals surface area contributed by atoms with E-state index in [0.717, 1.165) is 5.01 Å². The van der Waals surface area contributed by atoms with Crippen LogP contribution in [0.5, 0.6) is 0 Å². The van der Waals surface area contributed by atoms with Crippen LogP contribution in [0.3, 0.4) is 0 Å². The lowest BCUT2D eigenvalue weighted by Crippen LogP contribution is -2.29. The van der Waals surface area contributed by atoms with Crippen molar-refractivity contribution in [3.05, 3.63) is 89.2 Å². The fourth-order valence-electron chi connectivity index (χ4n) is 3.75. The molecular weight excluding hydrogens is 500 g/mol. The van der Waals surface area contributed by atoms with E-state index in [0.29, 0.717) is 27.0 Å². The maximum Gasteiger partial charge on any atom is 0.297 e. The van der Waals surface area contributed by atoms with Crippen LogP contribution in [0.1, 0.15) is 39.7 Å². The number of benzene rings is 2. The first-order valence-electron chi connectivity index (χ1n) is 9.55. The van der Waals surface area contributed by atoms with Gasteiger partial charge in [-0.1, -0.05) is 46.3 Å². The van der Waals surface area contributed by atoms with E-state index in [9.17, 15) is 19.7 Å². The molecule has 0 radical (unpaired) electrons. The quantitative estimate of drug-likeness (QED) is 0.288. The average Bonchev–Trinajstić information content (AvgIpc) is 3.37. The van der Waals surface area contributed by atoms with Crippen LogP contribution in [0.15, 0.2) is 56.1 Å². The topological polar surface area (TPSA) is 119 Å². The number of nitrogens with zero attached hydrogens (tertiary/aromatic N) is 4. The summed E-state index contributed by atoms with van der Waals surface area (Å²) in [7, 11) is 0. The predicted molar refractivity (Wildman–Crippen MR) is 121 cm³/mol. The number of nitro groups is 1. The van der Waals surface area contributed by atoms with Crippen molar-refractivity contribution in [1.82, 2.24) is 10.2 Å². The third-order valence-corrected chi connectivity index (χ3v) is 6.75. The van der Waals surface area contributed by atoms with E-state index in [1.807, 2.05) is 6.92 Å². The average molecular weight is 513 g/mol. The highest BCUT2D eigenvalue weighted by molar-refractivity contribution is 9.10. The van der Waals surface area contributed by atoms with Crippen molar-refractivity contribution in [1.29, 1.82) is 0 Å². The van der Waals surface area contributed by atoms with E-state index in [4.69, 9.17) is 4.42 Å². The summed E-state index contributed by atoms with van der Waals surface area (Å²) in [5.74, 6) is -0.646. The molecule has 0 bridgehead atoms. The monoisotopic (exact) mass is 512 g/mol. The minimum Gasteiger partial charge on any atom is -0.450 e. The molecule has 2 aromatic carbocycles. The molecule has 2 aromatic heterocycles. The molecule has 32 heavy (non-hydrogen) atoms. The van der Waals surface area contributed by atoms with Gasteiger partial charge < -0.3 is 4.42 Å². The molecule has 11 heteroatoms. The zero-order chi connectivity index (χ0) is 22.6. The van der Waals surface area contributed by atoms with Gasteiger partial charge in [0.1, 0.15) is 10.6 Å². The molecule has 3 heterocycles. The Bertz CT molecular complexity index is 1480. The number of carbonyl (C=O) groups excluding carboxylic acids is 1. The first-order chi connectivity index (χ1) is 15.4. The smallest absolute Gasteiger partial charge is 0.297 e. The molecule has 0 spiro atoms. The second-order valence-electron chi connectivity index (χ2n) is 7.08. The summed E-state index contributed by atoms with van der Waals surface area (Å²) >= 11 is 4.58. The number of halogens is 1. The lowest BCUT2D eigenvalue weighted by atomic mass is 9.98. The Labute approximate surface area is 192 Å². The molecule has 1 atom stereocenters. The summed E-state index contributed by atoms with van der Waals surface area (Å²) in [5.41, 5.74) is 0.268. The number of hydrogen-bond acceptors (Lipinski definition) is 8. The van der Waals surface area contributed by atoms with E-state index < -0.39 is 16.9 Å². The number of anilines is 1. The van der Waals surface area contributed by atoms with Gasteiger partial charge in [0.2, 0.25) is 10.9 Å². The number of amides is 1. The van der Waals surface area contributed by atoms with Crippen molar-refractivity contribution < 1.29 is 14.1 Å². The molecule has 1 unspecified atom stereocenters. The van der Waals surface area contributed by atoms with Gasteiger partial charge in [-0.05, 0) is 30.2 Å². The summed E-state index contributed by atoms with van der Waals surface area (Å²) in [4.78, 5) is 39.2.